The maximum atomic E-state index is 13.3. The smallest absolute Gasteiger partial charge is 0.326 e. The molecule has 0 saturated carbocycles. The number of aliphatic carboxylic acids is 1. The van der Waals surface area contributed by atoms with Gasteiger partial charge in [-0.25, -0.2) is 4.79 Å². The maximum absolute atomic E-state index is 13.3. The number of aromatic hydroxyl groups is 1. The van der Waals surface area contributed by atoms with Crippen molar-refractivity contribution in [1.29, 1.82) is 0 Å². The normalized spacial score (nSPS) is 14.2. The van der Waals surface area contributed by atoms with Crippen LogP contribution >= 0.6 is 11.8 Å². The number of carboxylic acid groups (broad SMARTS) is 1. The van der Waals surface area contributed by atoms with E-state index in [1.54, 1.807) is 26.0 Å². The molecule has 0 fully saturated rings. The summed E-state index contributed by atoms with van der Waals surface area (Å²) in [6.07, 6.45) is 1.89. The molecule has 0 heterocycles. The number of phenolic OH excluding ortho intramolecular Hbond substituents is 1. The highest BCUT2D eigenvalue weighted by Crippen LogP contribution is 2.13. The lowest BCUT2D eigenvalue weighted by molar-refractivity contribution is -0.143. The minimum absolute atomic E-state index is 0.0359. The number of phenols is 1. The number of carbonyl (C=O) groups excluding carboxylic acids is 4. The van der Waals surface area contributed by atoms with Gasteiger partial charge in [-0.3, -0.25) is 19.2 Å². The summed E-state index contributed by atoms with van der Waals surface area (Å²) in [6, 6.07) is 1.63. The standard InChI is InChI=1S/C24H37N5O7S/c1-13(2)20(23(34)27-17(24(35)36)8-9-19(26)31)29-22(33)18(12-14-4-6-15(30)7-5-14)28-21(32)16(25)10-11-37-3/h4-7,13,16-18,20,30H,8-12,25H2,1-3H3,(H2,26,31)(H,27,34)(H,28,32)(H,29,33)(H,35,36). The first kappa shape index (κ1) is 31.7. The summed E-state index contributed by atoms with van der Waals surface area (Å²) in [6.45, 7) is 3.32. The quantitative estimate of drug-likeness (QED) is 0.144. The zero-order valence-electron chi connectivity index (χ0n) is 21.2. The molecule has 1 aromatic rings. The molecule has 1 rings (SSSR count). The minimum Gasteiger partial charge on any atom is -0.508 e. The number of benzene rings is 1. The third-order valence-electron chi connectivity index (χ3n) is 5.52. The Morgan fingerprint density at radius 1 is 0.919 bits per heavy atom. The number of rotatable bonds is 16. The van der Waals surface area contributed by atoms with Crippen LogP contribution in [0.5, 0.6) is 5.75 Å². The Bertz CT molecular complexity index is 942. The van der Waals surface area contributed by atoms with Gasteiger partial charge in [-0.1, -0.05) is 26.0 Å². The zero-order chi connectivity index (χ0) is 28.1. The molecule has 0 radical (unpaired) electrons. The summed E-state index contributed by atoms with van der Waals surface area (Å²) in [5.74, 6) is -3.77. The Kier molecular flexibility index (Phi) is 13.5. The molecule has 0 aliphatic rings. The van der Waals surface area contributed by atoms with Gasteiger partial charge in [-0.15, -0.1) is 0 Å². The molecular weight excluding hydrogens is 502 g/mol. The van der Waals surface area contributed by atoms with Gasteiger partial charge in [0.05, 0.1) is 6.04 Å². The van der Waals surface area contributed by atoms with Crippen molar-refractivity contribution in [3.8, 4) is 5.75 Å². The highest BCUT2D eigenvalue weighted by Gasteiger charge is 2.32. The Morgan fingerprint density at radius 3 is 2.03 bits per heavy atom. The van der Waals surface area contributed by atoms with E-state index in [0.29, 0.717) is 17.7 Å². The molecular formula is C24H37N5O7S. The van der Waals surface area contributed by atoms with Crippen LogP contribution in [0.15, 0.2) is 24.3 Å². The van der Waals surface area contributed by atoms with E-state index in [-0.39, 0.29) is 25.0 Å². The lowest BCUT2D eigenvalue weighted by Crippen LogP contribution is -2.59. The lowest BCUT2D eigenvalue weighted by atomic mass is 10.00. The van der Waals surface area contributed by atoms with Crippen molar-refractivity contribution < 1.29 is 34.2 Å². The van der Waals surface area contributed by atoms with Crippen molar-refractivity contribution in [2.45, 2.75) is 63.7 Å². The Labute approximate surface area is 220 Å². The van der Waals surface area contributed by atoms with Crippen molar-refractivity contribution in [3.05, 3.63) is 29.8 Å². The minimum atomic E-state index is -1.37. The third kappa shape index (κ3) is 11.5. The fourth-order valence-electron chi connectivity index (χ4n) is 3.33. The summed E-state index contributed by atoms with van der Waals surface area (Å²) in [5.41, 5.74) is 11.7. The van der Waals surface area contributed by atoms with E-state index in [1.165, 1.54) is 23.9 Å². The van der Waals surface area contributed by atoms with Gasteiger partial charge in [0.25, 0.3) is 0 Å². The largest absolute Gasteiger partial charge is 0.508 e. The molecule has 37 heavy (non-hydrogen) atoms. The predicted molar refractivity (Wildman–Crippen MR) is 139 cm³/mol. The van der Waals surface area contributed by atoms with Gasteiger partial charge in [-0.2, -0.15) is 11.8 Å². The van der Waals surface area contributed by atoms with Crippen molar-refractivity contribution in [2.75, 3.05) is 12.0 Å². The SMILES string of the molecule is CSCCC(N)C(=O)NC(Cc1ccc(O)cc1)C(=O)NC(C(=O)NC(CCC(N)=O)C(=O)O)C(C)C. The second-order valence-corrected chi connectivity index (χ2v) is 9.94. The number of amides is 4. The van der Waals surface area contributed by atoms with Crippen molar-refractivity contribution >= 4 is 41.4 Å². The van der Waals surface area contributed by atoms with Crippen molar-refractivity contribution in [3.63, 3.8) is 0 Å². The first-order valence-electron chi connectivity index (χ1n) is 11.8. The van der Waals surface area contributed by atoms with Crippen LogP contribution in [-0.4, -0.2) is 76.0 Å². The van der Waals surface area contributed by atoms with Gasteiger partial charge < -0.3 is 37.6 Å². The lowest BCUT2D eigenvalue weighted by Gasteiger charge is -2.27. The van der Waals surface area contributed by atoms with E-state index in [4.69, 9.17) is 11.5 Å². The molecule has 206 valence electrons. The van der Waals surface area contributed by atoms with Gasteiger partial charge in [-0.05, 0) is 48.5 Å². The topological polar surface area (TPSA) is 214 Å². The van der Waals surface area contributed by atoms with Gasteiger partial charge in [0.15, 0.2) is 0 Å². The molecule has 0 spiro atoms. The predicted octanol–water partition coefficient (Wildman–Crippen LogP) is -0.524. The van der Waals surface area contributed by atoms with Crippen LogP contribution in [0, 0.1) is 5.92 Å². The summed E-state index contributed by atoms with van der Waals surface area (Å²) >= 11 is 1.53. The number of carboxylic acids is 1. The van der Waals surface area contributed by atoms with Gasteiger partial charge in [0.2, 0.25) is 23.6 Å². The summed E-state index contributed by atoms with van der Waals surface area (Å²) in [7, 11) is 0. The average molecular weight is 540 g/mol. The van der Waals surface area contributed by atoms with E-state index in [2.05, 4.69) is 16.0 Å². The first-order chi connectivity index (χ1) is 17.3. The summed E-state index contributed by atoms with van der Waals surface area (Å²) < 4.78 is 0. The van der Waals surface area contributed by atoms with Crippen LogP contribution < -0.4 is 27.4 Å². The van der Waals surface area contributed by atoms with E-state index < -0.39 is 59.7 Å². The van der Waals surface area contributed by atoms with Gasteiger partial charge in [0, 0.05) is 12.8 Å². The molecule has 9 N–H and O–H groups in total. The molecule has 0 saturated heterocycles. The highest BCUT2D eigenvalue weighted by molar-refractivity contribution is 7.98. The van der Waals surface area contributed by atoms with Crippen molar-refractivity contribution in [2.24, 2.45) is 17.4 Å². The Balaban J connectivity index is 3.07. The van der Waals surface area contributed by atoms with Crippen LogP contribution in [0.1, 0.15) is 38.7 Å². The van der Waals surface area contributed by atoms with E-state index in [0.717, 1.165) is 0 Å². The van der Waals surface area contributed by atoms with Crippen LogP contribution in [0.25, 0.3) is 0 Å². The Hall–Kier alpha value is -3.32. The molecule has 4 atom stereocenters. The average Bonchev–Trinajstić information content (AvgIpc) is 2.83. The third-order valence-corrected chi connectivity index (χ3v) is 6.16. The number of hydrogen-bond acceptors (Lipinski definition) is 8. The number of primary amides is 1. The monoisotopic (exact) mass is 539 g/mol. The first-order valence-corrected chi connectivity index (χ1v) is 13.2. The summed E-state index contributed by atoms with van der Waals surface area (Å²) in [5, 5.41) is 26.5. The molecule has 0 aliphatic heterocycles. The zero-order valence-corrected chi connectivity index (χ0v) is 22.0. The van der Waals surface area contributed by atoms with Gasteiger partial charge >= 0.3 is 5.97 Å². The molecule has 1 aromatic carbocycles. The second-order valence-electron chi connectivity index (χ2n) is 8.95. The van der Waals surface area contributed by atoms with Crippen LogP contribution in [0.2, 0.25) is 0 Å². The number of thioether (sulfide) groups is 1. The van der Waals surface area contributed by atoms with Crippen LogP contribution in [-0.2, 0) is 30.4 Å². The molecule has 12 nitrogen and oxygen atoms in total. The summed E-state index contributed by atoms with van der Waals surface area (Å²) in [4.78, 5) is 61.4. The molecule has 0 aromatic heterocycles. The number of nitrogens with two attached hydrogens (primary N) is 2. The van der Waals surface area contributed by atoms with Crippen molar-refractivity contribution in [1.82, 2.24) is 16.0 Å². The van der Waals surface area contributed by atoms with Gasteiger partial charge in [0.1, 0.15) is 23.9 Å². The molecule has 4 amide bonds. The fourth-order valence-corrected chi connectivity index (χ4v) is 3.82. The second kappa shape index (κ2) is 15.7. The van der Waals surface area contributed by atoms with E-state index >= 15 is 0 Å². The number of carbonyl (C=O) groups is 5. The highest BCUT2D eigenvalue weighted by atomic mass is 32.2. The van der Waals surface area contributed by atoms with Crippen LogP contribution in [0.4, 0.5) is 0 Å². The Morgan fingerprint density at radius 2 is 1.51 bits per heavy atom. The molecule has 13 heteroatoms. The fraction of sp³-hybridized carbons (Fsp3) is 0.542. The van der Waals surface area contributed by atoms with E-state index in [9.17, 15) is 34.2 Å². The molecule has 4 unspecified atom stereocenters. The molecule has 0 aliphatic carbocycles. The van der Waals surface area contributed by atoms with Crippen LogP contribution in [0.3, 0.4) is 0 Å². The van der Waals surface area contributed by atoms with E-state index in [1.807, 2.05) is 6.26 Å². The maximum Gasteiger partial charge on any atom is 0.326 e. The number of nitrogens with one attached hydrogen (secondary N) is 3. The number of hydrogen-bond donors (Lipinski definition) is 7. The molecule has 0 bridgehead atoms.